The Morgan fingerprint density at radius 2 is 1.91 bits per heavy atom. The summed E-state index contributed by atoms with van der Waals surface area (Å²) in [4.78, 5) is 0. The van der Waals surface area contributed by atoms with Crippen LogP contribution in [0.25, 0.3) is 0 Å². The van der Waals surface area contributed by atoms with Crippen molar-refractivity contribution in [1.29, 1.82) is 0 Å². The highest BCUT2D eigenvalue weighted by Gasteiger charge is 2.12. The van der Waals surface area contributed by atoms with Crippen molar-refractivity contribution in [3.63, 3.8) is 0 Å². The summed E-state index contributed by atoms with van der Waals surface area (Å²) in [7, 11) is 1.68. The molecule has 0 amide bonds. The van der Waals surface area contributed by atoms with Gasteiger partial charge in [0.05, 0.1) is 13.2 Å². The molecule has 0 saturated heterocycles. The third-order valence-electron chi connectivity index (χ3n) is 3.64. The van der Waals surface area contributed by atoms with Crippen LogP contribution in [-0.2, 0) is 0 Å². The van der Waals surface area contributed by atoms with Crippen molar-refractivity contribution in [2.75, 3.05) is 12.4 Å². The van der Waals surface area contributed by atoms with Crippen LogP contribution in [0.2, 0.25) is 5.02 Å². The minimum atomic E-state index is 0.145. The van der Waals surface area contributed by atoms with Crippen molar-refractivity contribution in [3.8, 4) is 5.75 Å². The Morgan fingerprint density at radius 1 is 1.22 bits per heavy atom. The molecule has 5 heteroatoms. The smallest absolute Gasteiger partial charge is 0.171 e. The van der Waals surface area contributed by atoms with Gasteiger partial charge in [0.15, 0.2) is 5.11 Å². The van der Waals surface area contributed by atoms with Gasteiger partial charge in [-0.1, -0.05) is 30.7 Å². The van der Waals surface area contributed by atoms with Gasteiger partial charge in [0, 0.05) is 10.7 Å². The van der Waals surface area contributed by atoms with E-state index >= 15 is 0 Å². The molecule has 3 nitrogen and oxygen atoms in total. The van der Waals surface area contributed by atoms with Gasteiger partial charge in [-0.3, -0.25) is 0 Å². The number of hydrogen-bond acceptors (Lipinski definition) is 2. The first kappa shape index (κ1) is 17.6. The second-order valence-corrected chi connectivity index (χ2v) is 6.14. The van der Waals surface area contributed by atoms with Crippen LogP contribution in [0.3, 0.4) is 0 Å². The molecule has 0 bridgehead atoms. The van der Waals surface area contributed by atoms with Crippen LogP contribution < -0.4 is 15.4 Å². The predicted octanol–water partition coefficient (Wildman–Crippen LogP) is 5.09. The zero-order valence-electron chi connectivity index (χ0n) is 13.5. The standard InChI is InChI=1S/C18H21ClN2OS/c1-4-16(13-5-10-17(22-3)12(2)11-13)21-18(23)20-15-8-6-14(19)7-9-15/h5-11,16H,4H2,1-3H3,(H2,20,21,23). The number of ether oxygens (including phenoxy) is 1. The van der Waals surface area contributed by atoms with Gasteiger partial charge in [0.2, 0.25) is 0 Å². The van der Waals surface area contributed by atoms with Gasteiger partial charge in [-0.2, -0.15) is 0 Å². The van der Waals surface area contributed by atoms with E-state index in [4.69, 9.17) is 28.6 Å². The topological polar surface area (TPSA) is 33.3 Å². The molecule has 2 rings (SSSR count). The first-order chi connectivity index (χ1) is 11.0. The molecule has 0 heterocycles. The van der Waals surface area contributed by atoms with Crippen molar-refractivity contribution in [2.45, 2.75) is 26.3 Å². The highest BCUT2D eigenvalue weighted by molar-refractivity contribution is 7.80. The third-order valence-corrected chi connectivity index (χ3v) is 4.11. The predicted molar refractivity (Wildman–Crippen MR) is 102 cm³/mol. The normalized spacial score (nSPS) is 11.7. The van der Waals surface area contributed by atoms with Gasteiger partial charge in [-0.15, -0.1) is 0 Å². The summed E-state index contributed by atoms with van der Waals surface area (Å²) in [5.74, 6) is 0.894. The zero-order valence-corrected chi connectivity index (χ0v) is 15.1. The number of aryl methyl sites for hydroxylation is 1. The van der Waals surface area contributed by atoms with E-state index in [9.17, 15) is 0 Å². The molecule has 1 atom stereocenters. The van der Waals surface area contributed by atoms with Gasteiger partial charge in [0.25, 0.3) is 0 Å². The highest BCUT2D eigenvalue weighted by Crippen LogP contribution is 2.24. The molecule has 0 fully saturated rings. The van der Waals surface area contributed by atoms with E-state index in [1.165, 1.54) is 5.56 Å². The lowest BCUT2D eigenvalue weighted by atomic mass is 10.0. The maximum Gasteiger partial charge on any atom is 0.171 e. The van der Waals surface area contributed by atoms with Crippen molar-refractivity contribution in [3.05, 3.63) is 58.6 Å². The van der Waals surface area contributed by atoms with Crippen molar-refractivity contribution < 1.29 is 4.74 Å². The highest BCUT2D eigenvalue weighted by atomic mass is 35.5. The Balaban J connectivity index is 2.05. The maximum absolute atomic E-state index is 5.89. The Hall–Kier alpha value is -1.78. The zero-order chi connectivity index (χ0) is 16.8. The van der Waals surface area contributed by atoms with Gasteiger partial charge >= 0.3 is 0 Å². The monoisotopic (exact) mass is 348 g/mol. The number of methoxy groups -OCH3 is 1. The van der Waals surface area contributed by atoms with Crippen molar-refractivity contribution >= 4 is 34.6 Å². The number of halogens is 1. The Bertz CT molecular complexity index is 673. The van der Waals surface area contributed by atoms with Crippen LogP contribution in [0.4, 0.5) is 5.69 Å². The maximum atomic E-state index is 5.89. The average molecular weight is 349 g/mol. The SMILES string of the molecule is CCC(NC(=S)Nc1ccc(Cl)cc1)c1ccc(OC)c(C)c1. The van der Waals surface area contributed by atoms with E-state index < -0.39 is 0 Å². The minimum Gasteiger partial charge on any atom is -0.496 e. The largest absolute Gasteiger partial charge is 0.496 e. The van der Waals surface area contributed by atoms with E-state index in [0.717, 1.165) is 23.4 Å². The molecule has 0 spiro atoms. The summed E-state index contributed by atoms with van der Waals surface area (Å²) in [5.41, 5.74) is 3.21. The second kappa shape index (κ2) is 8.18. The summed E-state index contributed by atoms with van der Waals surface area (Å²) in [5, 5.41) is 7.83. The lowest BCUT2D eigenvalue weighted by Crippen LogP contribution is -2.32. The summed E-state index contributed by atoms with van der Waals surface area (Å²) in [6, 6.07) is 13.8. The fraction of sp³-hybridized carbons (Fsp3) is 0.278. The van der Waals surface area contributed by atoms with Crippen LogP contribution in [0.15, 0.2) is 42.5 Å². The van der Waals surface area contributed by atoms with Crippen LogP contribution in [0.1, 0.15) is 30.5 Å². The number of anilines is 1. The first-order valence-electron chi connectivity index (χ1n) is 7.51. The molecule has 2 aromatic carbocycles. The number of thiocarbonyl (C=S) groups is 1. The van der Waals surface area contributed by atoms with E-state index in [-0.39, 0.29) is 6.04 Å². The summed E-state index contributed by atoms with van der Waals surface area (Å²) >= 11 is 11.3. The summed E-state index contributed by atoms with van der Waals surface area (Å²) in [6.45, 7) is 4.17. The fourth-order valence-corrected chi connectivity index (χ4v) is 2.78. The molecular weight excluding hydrogens is 328 g/mol. The molecule has 0 saturated carbocycles. The molecular formula is C18H21ClN2OS. The van der Waals surface area contributed by atoms with Gasteiger partial charge in [-0.25, -0.2) is 0 Å². The van der Waals surface area contributed by atoms with Gasteiger partial charge < -0.3 is 15.4 Å². The molecule has 0 aromatic heterocycles. The molecule has 2 aromatic rings. The molecule has 2 N–H and O–H groups in total. The molecule has 23 heavy (non-hydrogen) atoms. The van der Waals surface area contributed by atoms with E-state index in [2.05, 4.69) is 29.7 Å². The first-order valence-corrected chi connectivity index (χ1v) is 8.29. The Kier molecular flexibility index (Phi) is 6.25. The van der Waals surface area contributed by atoms with Crippen molar-refractivity contribution in [1.82, 2.24) is 5.32 Å². The quantitative estimate of drug-likeness (QED) is 0.737. The summed E-state index contributed by atoms with van der Waals surface area (Å²) in [6.07, 6.45) is 0.925. The lowest BCUT2D eigenvalue weighted by molar-refractivity contribution is 0.411. The lowest BCUT2D eigenvalue weighted by Gasteiger charge is -2.21. The van der Waals surface area contributed by atoms with Crippen LogP contribution in [0.5, 0.6) is 5.75 Å². The number of rotatable bonds is 5. The second-order valence-electron chi connectivity index (χ2n) is 5.30. The number of benzene rings is 2. The minimum absolute atomic E-state index is 0.145. The van der Waals surface area contributed by atoms with E-state index in [1.54, 1.807) is 7.11 Å². The number of nitrogens with one attached hydrogen (secondary N) is 2. The molecule has 122 valence electrons. The van der Waals surface area contributed by atoms with Crippen molar-refractivity contribution in [2.24, 2.45) is 0 Å². The van der Waals surface area contributed by atoms with E-state index in [1.807, 2.05) is 37.3 Å². The summed E-state index contributed by atoms with van der Waals surface area (Å²) < 4.78 is 5.31. The van der Waals surface area contributed by atoms with Crippen LogP contribution in [0, 0.1) is 6.92 Å². The molecule has 0 aliphatic carbocycles. The average Bonchev–Trinajstić information content (AvgIpc) is 2.54. The van der Waals surface area contributed by atoms with Crippen LogP contribution in [-0.4, -0.2) is 12.2 Å². The molecule has 0 aliphatic heterocycles. The third kappa shape index (κ3) is 4.85. The number of hydrogen-bond donors (Lipinski definition) is 2. The molecule has 1 unspecified atom stereocenters. The molecule has 0 aliphatic rings. The Morgan fingerprint density at radius 3 is 2.48 bits per heavy atom. The van der Waals surface area contributed by atoms with Gasteiger partial charge in [0.1, 0.15) is 5.75 Å². The van der Waals surface area contributed by atoms with E-state index in [0.29, 0.717) is 10.1 Å². The fourth-order valence-electron chi connectivity index (χ4n) is 2.40. The Labute approximate surface area is 148 Å². The molecule has 0 radical (unpaired) electrons. The van der Waals surface area contributed by atoms with Crippen LogP contribution >= 0.6 is 23.8 Å². The van der Waals surface area contributed by atoms with Gasteiger partial charge in [-0.05, 0) is 67.0 Å².